The predicted octanol–water partition coefficient (Wildman–Crippen LogP) is 3.71. The summed E-state index contributed by atoms with van der Waals surface area (Å²) in [7, 11) is 0. The van der Waals surface area contributed by atoms with E-state index in [1.165, 1.54) is 12.5 Å². The highest BCUT2D eigenvalue weighted by Gasteiger charge is 2.19. The Bertz CT molecular complexity index is 215. The summed E-state index contributed by atoms with van der Waals surface area (Å²) in [6.07, 6.45) is 5.25. The van der Waals surface area contributed by atoms with Crippen LogP contribution in [-0.4, -0.2) is 12.1 Å². The minimum atomic E-state index is -0.169. The molecule has 0 saturated carbocycles. The Morgan fingerprint density at radius 1 is 1.20 bits per heavy atom. The van der Waals surface area contributed by atoms with Crippen molar-refractivity contribution in [2.24, 2.45) is 5.92 Å². The van der Waals surface area contributed by atoms with Gasteiger partial charge in [-0.1, -0.05) is 25.5 Å². The summed E-state index contributed by atoms with van der Waals surface area (Å²) >= 11 is 0. The molecule has 0 aliphatic rings. The minimum absolute atomic E-state index is 0.0723. The first-order valence-electron chi connectivity index (χ1n) is 5.81. The molecule has 0 rings (SSSR count). The number of carbonyl (C=O) groups is 1. The zero-order valence-electron chi connectivity index (χ0n) is 10.7. The average Bonchev–Trinajstić information content (AvgIpc) is 2.15. The lowest BCUT2D eigenvalue weighted by atomic mass is 9.93. The van der Waals surface area contributed by atoms with Crippen LogP contribution in [0, 0.1) is 5.92 Å². The van der Waals surface area contributed by atoms with Crippen molar-refractivity contribution in [1.82, 2.24) is 0 Å². The van der Waals surface area contributed by atoms with Gasteiger partial charge in [0.2, 0.25) is 0 Å². The van der Waals surface area contributed by atoms with Crippen LogP contribution >= 0.6 is 0 Å². The van der Waals surface area contributed by atoms with E-state index in [1.54, 1.807) is 0 Å². The fourth-order valence-corrected chi connectivity index (χ4v) is 1.69. The molecule has 0 aliphatic heterocycles. The normalized spacial score (nSPS) is 14.2. The third kappa shape index (κ3) is 6.32. The van der Waals surface area contributed by atoms with Crippen LogP contribution in [0.5, 0.6) is 0 Å². The molecular formula is C13H24O2. The van der Waals surface area contributed by atoms with Gasteiger partial charge in [0.15, 0.2) is 0 Å². The average molecular weight is 212 g/mol. The second kappa shape index (κ2) is 7.49. The second-order valence-corrected chi connectivity index (χ2v) is 4.24. The molecule has 0 radical (unpaired) electrons. The number of rotatable bonds is 6. The van der Waals surface area contributed by atoms with E-state index in [-0.39, 0.29) is 12.1 Å². The molecule has 88 valence electrons. The molecule has 15 heavy (non-hydrogen) atoms. The first kappa shape index (κ1) is 14.2. The Kier molecular flexibility index (Phi) is 7.10. The zero-order chi connectivity index (χ0) is 11.8. The molecule has 0 fully saturated rings. The lowest BCUT2D eigenvalue weighted by Crippen LogP contribution is -2.24. The number of esters is 1. The van der Waals surface area contributed by atoms with Gasteiger partial charge in [-0.3, -0.25) is 4.79 Å². The van der Waals surface area contributed by atoms with Crippen molar-refractivity contribution in [1.29, 1.82) is 0 Å². The Labute approximate surface area is 93.7 Å². The van der Waals surface area contributed by atoms with E-state index in [4.69, 9.17) is 4.74 Å². The molecule has 0 amide bonds. The lowest BCUT2D eigenvalue weighted by Gasteiger charge is -2.23. The minimum Gasteiger partial charge on any atom is -0.462 e. The van der Waals surface area contributed by atoms with Crippen LogP contribution in [0.4, 0.5) is 0 Å². The van der Waals surface area contributed by atoms with Gasteiger partial charge in [0, 0.05) is 6.92 Å². The summed E-state index contributed by atoms with van der Waals surface area (Å²) in [5.41, 5.74) is 1.33. The van der Waals surface area contributed by atoms with Crippen molar-refractivity contribution >= 4 is 5.97 Å². The van der Waals surface area contributed by atoms with E-state index in [9.17, 15) is 4.79 Å². The largest absolute Gasteiger partial charge is 0.462 e. The topological polar surface area (TPSA) is 26.3 Å². The van der Waals surface area contributed by atoms with Crippen molar-refractivity contribution < 1.29 is 9.53 Å². The first-order valence-corrected chi connectivity index (χ1v) is 5.81. The van der Waals surface area contributed by atoms with Gasteiger partial charge in [-0.2, -0.15) is 0 Å². The van der Waals surface area contributed by atoms with Crippen molar-refractivity contribution in [3.63, 3.8) is 0 Å². The molecule has 0 aliphatic carbocycles. The van der Waals surface area contributed by atoms with Gasteiger partial charge in [0.25, 0.3) is 0 Å². The van der Waals surface area contributed by atoms with Gasteiger partial charge < -0.3 is 4.74 Å². The highest BCUT2D eigenvalue weighted by atomic mass is 16.5. The van der Waals surface area contributed by atoms with Crippen LogP contribution in [0.15, 0.2) is 11.6 Å². The van der Waals surface area contributed by atoms with E-state index in [2.05, 4.69) is 33.8 Å². The van der Waals surface area contributed by atoms with Crippen molar-refractivity contribution in [2.75, 3.05) is 0 Å². The maximum atomic E-state index is 10.9. The smallest absolute Gasteiger partial charge is 0.302 e. The van der Waals surface area contributed by atoms with Gasteiger partial charge >= 0.3 is 5.97 Å². The molecule has 0 heterocycles. The predicted molar refractivity (Wildman–Crippen MR) is 63.7 cm³/mol. The highest BCUT2D eigenvalue weighted by molar-refractivity contribution is 5.66. The summed E-state index contributed by atoms with van der Waals surface area (Å²) in [5, 5.41) is 0. The molecule has 0 spiro atoms. The fourth-order valence-electron chi connectivity index (χ4n) is 1.69. The van der Waals surface area contributed by atoms with Crippen molar-refractivity contribution in [2.45, 2.75) is 60.0 Å². The van der Waals surface area contributed by atoms with Gasteiger partial charge in [-0.05, 0) is 39.0 Å². The molecule has 2 atom stereocenters. The molecular weight excluding hydrogens is 188 g/mol. The van der Waals surface area contributed by atoms with Gasteiger partial charge in [-0.15, -0.1) is 0 Å². The van der Waals surface area contributed by atoms with Crippen LogP contribution in [0.1, 0.15) is 53.9 Å². The molecule has 0 aromatic heterocycles. The number of ether oxygens (including phenoxy) is 1. The Morgan fingerprint density at radius 3 is 2.13 bits per heavy atom. The zero-order valence-corrected chi connectivity index (χ0v) is 10.7. The molecule has 2 nitrogen and oxygen atoms in total. The number of carbonyl (C=O) groups excluding carboxylic acids is 1. The summed E-state index contributed by atoms with van der Waals surface area (Å²) < 4.78 is 5.32. The quantitative estimate of drug-likeness (QED) is 0.495. The van der Waals surface area contributed by atoms with E-state index in [0.717, 1.165) is 19.3 Å². The van der Waals surface area contributed by atoms with E-state index >= 15 is 0 Å². The SMILES string of the molecule is CCC(CC=C(C)C)C(CC)OC(C)=O. The summed E-state index contributed by atoms with van der Waals surface area (Å²) in [4.78, 5) is 10.9. The molecule has 0 bridgehead atoms. The van der Waals surface area contributed by atoms with Crippen LogP contribution in [0.3, 0.4) is 0 Å². The molecule has 0 N–H and O–H groups in total. The highest BCUT2D eigenvalue weighted by Crippen LogP contribution is 2.20. The van der Waals surface area contributed by atoms with Crippen LogP contribution in [-0.2, 0) is 9.53 Å². The standard InChI is InChI=1S/C13H24O2/c1-6-12(9-8-10(3)4)13(7-2)15-11(5)14/h8,12-13H,6-7,9H2,1-5H3. The van der Waals surface area contributed by atoms with Crippen molar-refractivity contribution in [3.05, 3.63) is 11.6 Å². The maximum absolute atomic E-state index is 10.9. The van der Waals surface area contributed by atoms with Crippen molar-refractivity contribution in [3.8, 4) is 0 Å². The molecule has 0 aromatic carbocycles. The van der Waals surface area contributed by atoms with Crippen LogP contribution in [0.2, 0.25) is 0 Å². The molecule has 2 heteroatoms. The molecule has 2 unspecified atom stereocenters. The first-order chi connectivity index (χ1) is 7.01. The third-order valence-corrected chi connectivity index (χ3v) is 2.60. The maximum Gasteiger partial charge on any atom is 0.302 e. The summed E-state index contributed by atoms with van der Waals surface area (Å²) in [6, 6.07) is 0. The Morgan fingerprint density at radius 2 is 1.80 bits per heavy atom. The van der Waals surface area contributed by atoms with Crippen LogP contribution in [0.25, 0.3) is 0 Å². The molecule has 0 aromatic rings. The van der Waals surface area contributed by atoms with E-state index < -0.39 is 0 Å². The number of hydrogen-bond acceptors (Lipinski definition) is 2. The Balaban J connectivity index is 4.33. The van der Waals surface area contributed by atoms with Gasteiger partial charge in [0.1, 0.15) is 6.10 Å². The second-order valence-electron chi connectivity index (χ2n) is 4.24. The van der Waals surface area contributed by atoms with Gasteiger partial charge in [0.05, 0.1) is 0 Å². The monoisotopic (exact) mass is 212 g/mol. The van der Waals surface area contributed by atoms with E-state index in [0.29, 0.717) is 5.92 Å². The summed E-state index contributed by atoms with van der Waals surface area (Å²) in [6.45, 7) is 9.89. The van der Waals surface area contributed by atoms with Gasteiger partial charge in [-0.25, -0.2) is 0 Å². The third-order valence-electron chi connectivity index (χ3n) is 2.60. The number of allylic oxidation sites excluding steroid dienone is 2. The van der Waals surface area contributed by atoms with E-state index in [1.807, 2.05) is 0 Å². The Hall–Kier alpha value is -0.790. The summed E-state index contributed by atoms with van der Waals surface area (Å²) in [5.74, 6) is 0.284. The lowest BCUT2D eigenvalue weighted by molar-refractivity contribution is -0.149. The van der Waals surface area contributed by atoms with Crippen LogP contribution < -0.4 is 0 Å². The number of hydrogen-bond donors (Lipinski definition) is 0. The molecule has 0 saturated heterocycles. The fraction of sp³-hybridized carbons (Fsp3) is 0.769.